The number of aryl methyl sites for hydroxylation is 3. The number of piperidine rings is 1. The summed E-state index contributed by atoms with van der Waals surface area (Å²) in [5, 5.41) is 20.5. The molecule has 260 valence electrons. The summed E-state index contributed by atoms with van der Waals surface area (Å²) in [6.45, 7) is 8.18. The summed E-state index contributed by atoms with van der Waals surface area (Å²) in [4.78, 5) is 74.4. The van der Waals surface area contributed by atoms with Crippen molar-refractivity contribution in [1.82, 2.24) is 9.88 Å². The van der Waals surface area contributed by atoms with Crippen LogP contribution in [-0.2, 0) is 46.3 Å². The molecular weight excluding hydrogens is 622 g/mol. The number of carbonyl (C=O) groups excluding carboxylic acids is 4. The molecule has 0 radical (unpaired) electrons. The first-order chi connectivity index (χ1) is 22.7. The highest BCUT2D eigenvalue weighted by Crippen LogP contribution is 2.24. The number of Topliss-reactive ketones (excluding diaryl/α,β-unsaturated/α-hetero) is 1. The van der Waals surface area contributed by atoms with Crippen LogP contribution in [0.25, 0.3) is 0 Å². The molecule has 1 atom stereocenters. The Bertz CT molecular complexity index is 1490. The topological polar surface area (TPSA) is 189 Å². The number of ether oxygens (including phenoxy) is 2. The van der Waals surface area contributed by atoms with E-state index in [1.54, 1.807) is 19.5 Å². The molecular formula is C35H45N3O10. The number of amides is 2. The summed E-state index contributed by atoms with van der Waals surface area (Å²) >= 11 is 0. The molecule has 1 saturated heterocycles. The standard InChI is InChI=1S/C20H24N2O4.C15H21NO6/c1-14-6-7-15(11-18(14)26-2)4-3-5-16-10-17(13-21-12-16)22-19(23)8-9-20(24)25;1-4-11(17)22-9-15(2,3)12(18)13(19)16-8-6-5-7-10(16)14(20)21/h6-7,10-13H,3-5,8-9H2,1-2H3,(H,22,23)(H,24,25);4,10H,1,5-9H2,2-3H3,(H,20,21). The van der Waals surface area contributed by atoms with Crippen molar-refractivity contribution in [2.75, 3.05) is 25.6 Å². The van der Waals surface area contributed by atoms with Gasteiger partial charge in [0.2, 0.25) is 11.7 Å². The van der Waals surface area contributed by atoms with Crippen LogP contribution in [0.2, 0.25) is 0 Å². The SMILES string of the molecule is C=CC(=O)OCC(C)(C)C(=O)C(=O)N1CCCCC1C(=O)O.COc1cc(CCCc2cncc(NC(=O)CCC(=O)O)c2)ccc1C. The minimum absolute atomic E-state index is 0.0468. The lowest BCUT2D eigenvalue weighted by atomic mass is 9.87. The van der Waals surface area contributed by atoms with Crippen molar-refractivity contribution < 1.29 is 48.5 Å². The van der Waals surface area contributed by atoms with Gasteiger partial charge in [0.1, 0.15) is 18.4 Å². The van der Waals surface area contributed by atoms with Crippen LogP contribution in [0.3, 0.4) is 0 Å². The van der Waals surface area contributed by atoms with E-state index in [4.69, 9.17) is 19.7 Å². The number of carboxylic acid groups (broad SMARTS) is 2. The monoisotopic (exact) mass is 667 g/mol. The Morgan fingerprint density at radius 2 is 1.75 bits per heavy atom. The van der Waals surface area contributed by atoms with E-state index in [1.807, 2.05) is 13.0 Å². The molecule has 1 aliphatic heterocycles. The predicted octanol–water partition coefficient (Wildman–Crippen LogP) is 4.15. The third-order valence-electron chi connectivity index (χ3n) is 7.65. The molecule has 1 aromatic heterocycles. The fourth-order valence-corrected chi connectivity index (χ4v) is 4.88. The number of likely N-dealkylation sites (tertiary alicyclic amines) is 1. The Morgan fingerprint density at radius 1 is 1.04 bits per heavy atom. The Hall–Kier alpha value is -5.07. The molecule has 48 heavy (non-hydrogen) atoms. The van der Waals surface area contributed by atoms with E-state index < -0.39 is 41.1 Å². The number of esters is 1. The number of aliphatic carboxylic acids is 2. The summed E-state index contributed by atoms with van der Waals surface area (Å²) in [7, 11) is 1.67. The van der Waals surface area contributed by atoms with Gasteiger partial charge in [-0.25, -0.2) is 9.59 Å². The molecule has 1 aliphatic rings. The maximum Gasteiger partial charge on any atom is 0.330 e. The van der Waals surface area contributed by atoms with Crippen molar-refractivity contribution in [1.29, 1.82) is 0 Å². The van der Waals surface area contributed by atoms with E-state index in [0.29, 0.717) is 24.9 Å². The number of methoxy groups -OCH3 is 1. The lowest BCUT2D eigenvalue weighted by molar-refractivity contribution is -0.159. The van der Waals surface area contributed by atoms with Gasteiger partial charge in [0.05, 0.1) is 30.8 Å². The Balaban J connectivity index is 0.000000339. The molecule has 0 saturated carbocycles. The highest BCUT2D eigenvalue weighted by molar-refractivity contribution is 6.38. The van der Waals surface area contributed by atoms with E-state index in [9.17, 15) is 28.8 Å². The maximum absolute atomic E-state index is 12.3. The molecule has 0 bridgehead atoms. The molecule has 1 unspecified atom stereocenters. The Labute approximate surface area is 280 Å². The van der Waals surface area contributed by atoms with E-state index >= 15 is 0 Å². The molecule has 2 amide bonds. The second-order valence-corrected chi connectivity index (χ2v) is 12.1. The fourth-order valence-electron chi connectivity index (χ4n) is 4.88. The predicted molar refractivity (Wildman–Crippen MR) is 176 cm³/mol. The lowest BCUT2D eigenvalue weighted by Gasteiger charge is -2.34. The van der Waals surface area contributed by atoms with Gasteiger partial charge in [0, 0.05) is 25.2 Å². The maximum atomic E-state index is 12.3. The fraction of sp³-hybridized carbons (Fsp3) is 0.457. The molecule has 3 rings (SSSR count). The van der Waals surface area contributed by atoms with Gasteiger partial charge < -0.3 is 29.9 Å². The number of rotatable bonds is 15. The second-order valence-electron chi connectivity index (χ2n) is 12.1. The van der Waals surface area contributed by atoms with Gasteiger partial charge >= 0.3 is 17.9 Å². The number of hydrogen-bond donors (Lipinski definition) is 3. The molecule has 2 aromatic rings. The van der Waals surface area contributed by atoms with E-state index in [1.165, 1.54) is 19.4 Å². The number of aromatic nitrogens is 1. The molecule has 2 heterocycles. The molecule has 0 spiro atoms. The Kier molecular flexibility index (Phi) is 15.4. The molecule has 1 fully saturated rings. The zero-order valence-electron chi connectivity index (χ0n) is 28.0. The second kappa shape index (κ2) is 18.9. The number of nitrogens with zero attached hydrogens (tertiary/aromatic N) is 2. The quantitative estimate of drug-likeness (QED) is 0.141. The first-order valence-corrected chi connectivity index (χ1v) is 15.6. The summed E-state index contributed by atoms with van der Waals surface area (Å²) in [6.07, 6.45) is 8.49. The number of anilines is 1. The van der Waals surface area contributed by atoms with Gasteiger partial charge in [0.15, 0.2) is 0 Å². The largest absolute Gasteiger partial charge is 0.496 e. The van der Waals surface area contributed by atoms with Crippen LogP contribution in [0.15, 0.2) is 49.3 Å². The van der Waals surface area contributed by atoms with E-state index in [0.717, 1.165) is 47.1 Å². The number of carboxylic acids is 2. The average Bonchev–Trinajstić information content (AvgIpc) is 3.06. The van der Waals surface area contributed by atoms with Gasteiger partial charge in [-0.1, -0.05) is 18.7 Å². The van der Waals surface area contributed by atoms with Crippen molar-refractivity contribution >= 4 is 41.2 Å². The molecule has 3 N–H and O–H groups in total. The van der Waals surface area contributed by atoms with Crippen LogP contribution in [-0.4, -0.2) is 81.9 Å². The summed E-state index contributed by atoms with van der Waals surface area (Å²) < 4.78 is 10.2. The number of pyridine rings is 1. The van der Waals surface area contributed by atoms with Gasteiger partial charge in [-0.2, -0.15) is 0 Å². The van der Waals surface area contributed by atoms with Crippen molar-refractivity contribution in [3.05, 3.63) is 66.0 Å². The lowest BCUT2D eigenvalue weighted by Crippen LogP contribution is -2.53. The smallest absolute Gasteiger partial charge is 0.330 e. The van der Waals surface area contributed by atoms with Crippen LogP contribution < -0.4 is 10.1 Å². The minimum atomic E-state index is -1.23. The molecule has 13 heteroatoms. The summed E-state index contributed by atoms with van der Waals surface area (Å²) in [5.41, 5.74) is 2.73. The normalized spacial score (nSPS) is 14.1. The van der Waals surface area contributed by atoms with Crippen molar-refractivity contribution in [3.63, 3.8) is 0 Å². The van der Waals surface area contributed by atoms with Crippen LogP contribution in [0.5, 0.6) is 5.75 Å². The average molecular weight is 668 g/mol. The van der Waals surface area contributed by atoms with Gasteiger partial charge in [-0.15, -0.1) is 0 Å². The van der Waals surface area contributed by atoms with Gasteiger partial charge in [-0.3, -0.25) is 24.2 Å². The van der Waals surface area contributed by atoms with Crippen LogP contribution >= 0.6 is 0 Å². The number of carbonyl (C=O) groups is 6. The van der Waals surface area contributed by atoms with E-state index in [-0.39, 0.29) is 31.9 Å². The van der Waals surface area contributed by atoms with Crippen molar-refractivity contribution in [3.8, 4) is 5.75 Å². The van der Waals surface area contributed by atoms with Crippen molar-refractivity contribution in [2.24, 2.45) is 5.41 Å². The third kappa shape index (κ3) is 12.6. The van der Waals surface area contributed by atoms with E-state index in [2.05, 4.69) is 35.1 Å². The zero-order chi connectivity index (χ0) is 35.9. The minimum Gasteiger partial charge on any atom is -0.496 e. The summed E-state index contributed by atoms with van der Waals surface area (Å²) in [6, 6.07) is 7.13. The Morgan fingerprint density at radius 3 is 2.40 bits per heavy atom. The zero-order valence-corrected chi connectivity index (χ0v) is 28.0. The number of benzene rings is 1. The molecule has 0 aliphatic carbocycles. The molecule has 1 aromatic carbocycles. The van der Waals surface area contributed by atoms with Crippen LogP contribution in [0.1, 0.15) is 69.1 Å². The number of nitrogens with one attached hydrogen (secondary N) is 1. The van der Waals surface area contributed by atoms with Gasteiger partial charge in [-0.05, 0) is 88.1 Å². The highest BCUT2D eigenvalue weighted by Gasteiger charge is 2.41. The number of ketones is 1. The first kappa shape index (κ1) is 39.1. The van der Waals surface area contributed by atoms with Crippen LogP contribution in [0.4, 0.5) is 5.69 Å². The highest BCUT2D eigenvalue weighted by atomic mass is 16.5. The first-order valence-electron chi connectivity index (χ1n) is 15.6. The van der Waals surface area contributed by atoms with Crippen LogP contribution in [0, 0.1) is 12.3 Å². The summed E-state index contributed by atoms with van der Waals surface area (Å²) in [5.74, 6) is -3.82. The third-order valence-corrected chi connectivity index (χ3v) is 7.65. The molecule has 13 nitrogen and oxygen atoms in total. The van der Waals surface area contributed by atoms with Gasteiger partial charge in [0.25, 0.3) is 5.91 Å². The van der Waals surface area contributed by atoms with Crippen molar-refractivity contribution in [2.45, 2.75) is 78.2 Å². The number of hydrogen-bond acceptors (Lipinski definition) is 9.